The lowest BCUT2D eigenvalue weighted by molar-refractivity contribution is -0.384. The van der Waals surface area contributed by atoms with E-state index in [2.05, 4.69) is 5.32 Å². The van der Waals surface area contributed by atoms with Crippen molar-refractivity contribution in [3.05, 3.63) is 92.5 Å². The number of hydrogen-bond acceptors (Lipinski definition) is 7. The molecule has 0 aromatic heterocycles. The van der Waals surface area contributed by atoms with Crippen LogP contribution >= 0.6 is 0 Å². The highest BCUT2D eigenvalue weighted by Gasteiger charge is 2.31. The number of benzene rings is 3. The van der Waals surface area contributed by atoms with Gasteiger partial charge in [-0.25, -0.2) is 0 Å². The molecular formula is C24H16N4O4. The van der Waals surface area contributed by atoms with Crippen molar-refractivity contribution in [3.63, 3.8) is 0 Å². The summed E-state index contributed by atoms with van der Waals surface area (Å²) in [4.78, 5) is 11.2. The lowest BCUT2D eigenvalue weighted by Crippen LogP contribution is -2.12. The average molecular weight is 424 g/mol. The van der Waals surface area contributed by atoms with Crippen molar-refractivity contribution in [2.75, 3.05) is 5.32 Å². The molecule has 0 bridgehead atoms. The average Bonchev–Trinajstić information content (AvgIpc) is 2.78. The quantitative estimate of drug-likeness (QED) is 0.332. The number of aliphatic hydroxyl groups excluding tert-OH is 1. The molecule has 0 saturated carbocycles. The van der Waals surface area contributed by atoms with Crippen LogP contribution < -0.4 is 10.1 Å². The maximum atomic E-state index is 11.7. The fourth-order valence-electron chi connectivity index (χ4n) is 3.60. The molecule has 0 amide bonds. The summed E-state index contributed by atoms with van der Waals surface area (Å²) in [6, 6.07) is 16.7. The molecule has 3 aromatic rings. The van der Waals surface area contributed by atoms with Crippen LogP contribution in [-0.2, 0) is 0 Å². The van der Waals surface area contributed by atoms with E-state index in [4.69, 9.17) is 15.3 Å². The zero-order valence-corrected chi connectivity index (χ0v) is 16.9. The van der Waals surface area contributed by atoms with E-state index < -0.39 is 11.0 Å². The van der Waals surface area contributed by atoms with Gasteiger partial charge in [-0.2, -0.15) is 10.5 Å². The molecule has 1 unspecified atom stereocenters. The number of anilines is 2. The van der Waals surface area contributed by atoms with Gasteiger partial charge in [-0.05, 0) is 60.5 Å². The third-order valence-corrected chi connectivity index (χ3v) is 5.10. The summed E-state index contributed by atoms with van der Waals surface area (Å²) in [5, 5.41) is 43.4. The standard InChI is InChI=1S/C24H16N4O4/c1-14-9-16(3-2-8-25)10-19-23(29)18-11-21(28(30)31)20(12-22(18)32-24(14)19)27-17-6-4-15(13-26)5-7-17/h2-7,9-12,23,27,29H,1H3/b3-2+. The van der Waals surface area contributed by atoms with E-state index in [1.807, 2.05) is 25.1 Å². The number of nitrogens with one attached hydrogen (secondary N) is 1. The van der Waals surface area contributed by atoms with E-state index >= 15 is 0 Å². The maximum absolute atomic E-state index is 11.7. The van der Waals surface area contributed by atoms with Crippen LogP contribution in [0.1, 0.15) is 33.9 Å². The summed E-state index contributed by atoms with van der Waals surface area (Å²) in [7, 11) is 0. The Morgan fingerprint density at radius 2 is 1.91 bits per heavy atom. The van der Waals surface area contributed by atoms with Gasteiger partial charge in [0.2, 0.25) is 0 Å². The Kier molecular flexibility index (Phi) is 5.30. The van der Waals surface area contributed by atoms with Gasteiger partial charge in [-0.3, -0.25) is 10.1 Å². The normalized spacial score (nSPS) is 13.9. The Morgan fingerprint density at radius 3 is 2.56 bits per heavy atom. The molecule has 8 nitrogen and oxygen atoms in total. The first kappa shape index (κ1) is 20.6. The molecule has 0 fully saturated rings. The number of nitrogens with zero attached hydrogens (tertiary/aromatic N) is 3. The molecule has 4 rings (SSSR count). The van der Waals surface area contributed by atoms with Gasteiger partial charge in [0, 0.05) is 35.0 Å². The molecular weight excluding hydrogens is 408 g/mol. The second kappa shape index (κ2) is 8.23. The number of aliphatic hydroxyl groups is 1. The van der Waals surface area contributed by atoms with Gasteiger partial charge in [-0.1, -0.05) is 0 Å². The molecule has 2 N–H and O–H groups in total. The van der Waals surface area contributed by atoms with Crippen molar-refractivity contribution in [2.45, 2.75) is 13.0 Å². The highest BCUT2D eigenvalue weighted by molar-refractivity contribution is 5.75. The Balaban J connectivity index is 1.77. The second-order valence-corrected chi connectivity index (χ2v) is 7.20. The number of fused-ring (bicyclic) bond motifs is 2. The van der Waals surface area contributed by atoms with Crippen molar-refractivity contribution in [1.29, 1.82) is 10.5 Å². The molecule has 1 aliphatic heterocycles. The van der Waals surface area contributed by atoms with Crippen LogP contribution in [0.15, 0.2) is 54.6 Å². The van der Waals surface area contributed by atoms with E-state index in [1.165, 1.54) is 18.2 Å². The van der Waals surface area contributed by atoms with E-state index in [9.17, 15) is 15.2 Å². The van der Waals surface area contributed by atoms with Crippen LogP contribution in [0.2, 0.25) is 0 Å². The first-order valence-corrected chi connectivity index (χ1v) is 9.57. The third-order valence-electron chi connectivity index (χ3n) is 5.10. The largest absolute Gasteiger partial charge is 0.456 e. The smallest absolute Gasteiger partial charge is 0.293 e. The molecule has 0 spiro atoms. The van der Waals surface area contributed by atoms with E-state index in [0.717, 1.165) is 5.56 Å². The van der Waals surface area contributed by atoms with Crippen LogP contribution in [0.5, 0.6) is 11.5 Å². The number of ether oxygens (including phenoxy) is 1. The Bertz CT molecular complexity index is 1350. The van der Waals surface area contributed by atoms with Crippen LogP contribution in [0.4, 0.5) is 17.1 Å². The fourth-order valence-corrected chi connectivity index (χ4v) is 3.60. The van der Waals surface area contributed by atoms with Gasteiger partial charge in [0.05, 0.1) is 22.6 Å². The molecule has 0 radical (unpaired) electrons. The van der Waals surface area contributed by atoms with Crippen LogP contribution in [0, 0.1) is 39.7 Å². The first-order valence-electron chi connectivity index (χ1n) is 9.57. The summed E-state index contributed by atoms with van der Waals surface area (Å²) < 4.78 is 6.03. The number of nitro benzene ring substituents is 1. The molecule has 156 valence electrons. The minimum Gasteiger partial charge on any atom is -0.456 e. The topological polar surface area (TPSA) is 132 Å². The number of nitriles is 2. The van der Waals surface area contributed by atoms with E-state index in [0.29, 0.717) is 33.9 Å². The maximum Gasteiger partial charge on any atom is 0.293 e. The molecule has 0 aliphatic carbocycles. The Hall–Kier alpha value is -4.66. The summed E-state index contributed by atoms with van der Waals surface area (Å²) in [6.07, 6.45) is 1.81. The van der Waals surface area contributed by atoms with Gasteiger partial charge in [-0.15, -0.1) is 0 Å². The highest BCUT2D eigenvalue weighted by Crippen LogP contribution is 2.48. The Morgan fingerprint density at radius 1 is 1.16 bits per heavy atom. The predicted octanol–water partition coefficient (Wildman–Crippen LogP) is 5.24. The van der Waals surface area contributed by atoms with E-state index in [-0.39, 0.29) is 16.9 Å². The highest BCUT2D eigenvalue weighted by atomic mass is 16.6. The zero-order chi connectivity index (χ0) is 22.8. The molecule has 1 aliphatic rings. The van der Waals surface area contributed by atoms with Gasteiger partial charge in [0.15, 0.2) is 0 Å². The first-order chi connectivity index (χ1) is 15.4. The van der Waals surface area contributed by atoms with Crippen molar-refractivity contribution in [2.24, 2.45) is 0 Å². The third kappa shape index (κ3) is 3.74. The minimum atomic E-state index is -1.13. The van der Waals surface area contributed by atoms with E-state index in [1.54, 1.807) is 36.4 Å². The number of aryl methyl sites for hydroxylation is 1. The minimum absolute atomic E-state index is 0.195. The van der Waals surface area contributed by atoms with Crippen LogP contribution in [0.25, 0.3) is 6.08 Å². The summed E-state index contributed by atoms with van der Waals surface area (Å²) in [6.45, 7) is 1.82. The van der Waals surface area contributed by atoms with Crippen molar-refractivity contribution >= 4 is 23.1 Å². The summed E-state index contributed by atoms with van der Waals surface area (Å²) in [5.74, 6) is 0.771. The summed E-state index contributed by atoms with van der Waals surface area (Å²) >= 11 is 0. The number of nitro groups is 1. The van der Waals surface area contributed by atoms with Gasteiger partial charge in [0.1, 0.15) is 23.3 Å². The van der Waals surface area contributed by atoms with Gasteiger partial charge < -0.3 is 15.2 Å². The molecule has 32 heavy (non-hydrogen) atoms. The molecule has 8 heteroatoms. The SMILES string of the molecule is Cc1cc(/C=C/C#N)cc2c1Oc1cc(Nc3ccc(C#N)cc3)c([N+](=O)[O-])cc1C2O. The lowest BCUT2D eigenvalue weighted by Gasteiger charge is -2.27. The fraction of sp³-hybridized carbons (Fsp3) is 0.0833. The van der Waals surface area contributed by atoms with Crippen molar-refractivity contribution in [1.82, 2.24) is 0 Å². The van der Waals surface area contributed by atoms with Gasteiger partial charge in [0.25, 0.3) is 5.69 Å². The number of hydrogen-bond donors (Lipinski definition) is 2. The van der Waals surface area contributed by atoms with Crippen LogP contribution in [0.3, 0.4) is 0 Å². The van der Waals surface area contributed by atoms with Crippen LogP contribution in [-0.4, -0.2) is 10.0 Å². The second-order valence-electron chi connectivity index (χ2n) is 7.20. The predicted molar refractivity (Wildman–Crippen MR) is 117 cm³/mol. The molecule has 3 aromatic carbocycles. The Labute approximate surface area is 183 Å². The molecule has 1 atom stereocenters. The lowest BCUT2D eigenvalue weighted by atomic mass is 9.92. The van der Waals surface area contributed by atoms with Crippen molar-refractivity contribution in [3.8, 4) is 23.6 Å². The zero-order valence-electron chi connectivity index (χ0n) is 16.9. The summed E-state index contributed by atoms with van der Waals surface area (Å²) in [5.41, 5.74) is 3.21. The molecule has 1 heterocycles. The molecule has 0 saturated heterocycles. The number of rotatable bonds is 4. The van der Waals surface area contributed by atoms with Gasteiger partial charge >= 0.3 is 0 Å². The number of allylic oxidation sites excluding steroid dienone is 1. The van der Waals surface area contributed by atoms with Crippen molar-refractivity contribution < 1.29 is 14.8 Å². The monoisotopic (exact) mass is 424 g/mol.